The summed E-state index contributed by atoms with van der Waals surface area (Å²) in [7, 11) is 5.93. The molecule has 0 atom stereocenters. The number of aliphatic hydroxyl groups excluding tert-OH is 1. The van der Waals surface area contributed by atoms with Crippen molar-refractivity contribution in [2.24, 2.45) is 0 Å². The van der Waals surface area contributed by atoms with Crippen LogP contribution >= 0.6 is 0 Å². The minimum absolute atomic E-state index is 0. The minimum atomic E-state index is -0.437. The number of anilines is 2. The third kappa shape index (κ3) is 9.44. The zero-order chi connectivity index (χ0) is 28.5. The Kier molecular flexibility index (Phi) is 12.0. The number of rotatable bonds is 10. The monoisotopic (exact) mass is 673 g/mol. The lowest BCUT2D eigenvalue weighted by Gasteiger charge is -2.36. The molecule has 2 amide bonds. The molecule has 3 aromatic rings. The fourth-order valence-corrected chi connectivity index (χ4v) is 5.00. The smallest absolute Gasteiger partial charge is 0.411 e. The molecule has 1 aliphatic heterocycles. The van der Waals surface area contributed by atoms with Crippen molar-refractivity contribution in [1.82, 2.24) is 0 Å². The van der Waals surface area contributed by atoms with E-state index >= 15 is 0 Å². The Morgan fingerprint density at radius 1 is 0.976 bits per heavy atom. The average molecular weight is 674 g/mol. The number of nitrogens with one attached hydrogen (secondary N) is 2. The molecule has 0 spiro atoms. The molecule has 3 N–H and O–H groups in total. The maximum Gasteiger partial charge on any atom is 0.411 e. The summed E-state index contributed by atoms with van der Waals surface area (Å²) >= 11 is 0. The van der Waals surface area contributed by atoms with Crippen LogP contribution < -0.4 is 39.3 Å². The maximum absolute atomic E-state index is 12.9. The predicted octanol–water partition coefficient (Wildman–Crippen LogP) is 2.61. The Hall–Kier alpha value is -3.15. The van der Waals surface area contributed by atoms with Crippen LogP contribution in [0.3, 0.4) is 0 Å². The van der Waals surface area contributed by atoms with Crippen molar-refractivity contribution < 1.29 is 52.6 Å². The van der Waals surface area contributed by atoms with Crippen molar-refractivity contribution in [3.63, 3.8) is 0 Å². The molecule has 220 valence electrons. The number of aliphatic hydroxyl groups is 1. The molecule has 0 unspecified atom stereocenters. The van der Waals surface area contributed by atoms with Crippen molar-refractivity contribution in [1.29, 1.82) is 0 Å². The lowest BCUT2D eigenvalue weighted by atomic mass is 9.99. The van der Waals surface area contributed by atoms with Crippen LogP contribution in [0.5, 0.6) is 5.75 Å². The van der Waals surface area contributed by atoms with Crippen LogP contribution in [0.4, 0.5) is 16.2 Å². The second-order valence-electron chi connectivity index (χ2n) is 10.9. The summed E-state index contributed by atoms with van der Waals surface area (Å²) in [5.74, 6) is 0.430. The molecular formula is C32H40IN3O5. The molecule has 9 heteroatoms. The lowest BCUT2D eigenvalue weighted by Crippen LogP contribution is -3.00. The molecule has 0 aromatic heterocycles. The molecule has 3 aromatic carbocycles. The Balaban J connectivity index is 0.00000462. The van der Waals surface area contributed by atoms with Crippen molar-refractivity contribution in [3.05, 3.63) is 77.9 Å². The first-order valence-electron chi connectivity index (χ1n) is 13.8. The fraction of sp³-hybridized carbons (Fsp3) is 0.375. The summed E-state index contributed by atoms with van der Waals surface area (Å²) in [6.07, 6.45) is 2.85. The van der Waals surface area contributed by atoms with E-state index in [4.69, 9.17) is 9.47 Å². The van der Waals surface area contributed by atoms with Gasteiger partial charge < -0.3 is 48.4 Å². The van der Waals surface area contributed by atoms with E-state index in [1.165, 1.54) is 7.11 Å². The number of quaternary nitrogens is 1. The molecule has 1 saturated heterocycles. The summed E-state index contributed by atoms with van der Waals surface area (Å²) in [5.41, 5.74) is 4.92. The van der Waals surface area contributed by atoms with Crippen molar-refractivity contribution >= 4 is 23.4 Å². The van der Waals surface area contributed by atoms with Gasteiger partial charge in [-0.15, -0.1) is 0 Å². The molecule has 41 heavy (non-hydrogen) atoms. The highest BCUT2D eigenvalue weighted by atomic mass is 127. The number of likely N-dealkylation sites (tertiary alicyclic amines) is 1. The second-order valence-corrected chi connectivity index (χ2v) is 10.9. The fourth-order valence-electron chi connectivity index (χ4n) is 5.00. The number of methoxy groups -OCH3 is 1. The normalized spacial score (nSPS) is 14.4. The molecule has 0 aliphatic carbocycles. The minimum Gasteiger partial charge on any atom is -1.00 e. The van der Waals surface area contributed by atoms with E-state index in [-0.39, 0.29) is 42.6 Å². The number of aryl methyl sites for hydroxylation is 1. The highest BCUT2D eigenvalue weighted by Crippen LogP contribution is 2.30. The summed E-state index contributed by atoms with van der Waals surface area (Å²) in [6.45, 7) is 1.84. The number of hydrogen-bond donors (Lipinski definition) is 3. The summed E-state index contributed by atoms with van der Waals surface area (Å²) < 4.78 is 12.0. The SMILES string of the molecule is COc1cc(NC(=O)CCCc2ccc(-c3ccccc3)c(NC(=O)OC3CC[N+](C)(C)CC3)c2)ccc1CO.[I-]. The lowest BCUT2D eigenvalue weighted by molar-refractivity contribution is -0.896. The highest BCUT2D eigenvalue weighted by molar-refractivity contribution is 5.92. The van der Waals surface area contributed by atoms with Crippen LogP contribution in [0.25, 0.3) is 11.1 Å². The largest absolute Gasteiger partial charge is 1.00 e. The Bertz CT molecular complexity index is 1310. The van der Waals surface area contributed by atoms with E-state index in [2.05, 4.69) is 24.7 Å². The molecule has 4 rings (SSSR count). The van der Waals surface area contributed by atoms with Gasteiger partial charge in [0.1, 0.15) is 11.9 Å². The van der Waals surface area contributed by atoms with Gasteiger partial charge in [-0.05, 0) is 36.1 Å². The molecule has 0 radical (unpaired) electrons. The summed E-state index contributed by atoms with van der Waals surface area (Å²) in [4.78, 5) is 25.4. The first-order valence-corrected chi connectivity index (χ1v) is 13.8. The van der Waals surface area contributed by atoms with Gasteiger partial charge in [0.2, 0.25) is 5.91 Å². The van der Waals surface area contributed by atoms with Crippen molar-refractivity contribution in [3.8, 4) is 16.9 Å². The van der Waals surface area contributed by atoms with Gasteiger partial charge in [-0.1, -0.05) is 48.5 Å². The van der Waals surface area contributed by atoms with Gasteiger partial charge in [-0.2, -0.15) is 0 Å². The molecule has 0 saturated carbocycles. The van der Waals surface area contributed by atoms with Crippen molar-refractivity contribution in [2.75, 3.05) is 44.9 Å². The number of benzene rings is 3. The zero-order valence-corrected chi connectivity index (χ0v) is 26.1. The standard InChI is InChI=1S/C32H39N3O5.HI/c1-35(2)18-16-27(17-19-35)40-32(38)34-29-20-23(12-15-28(29)24-9-5-4-6-10-24)8-7-11-31(37)33-26-14-13-25(22-36)30(21-26)39-3;/h4-6,9-10,12-15,20-21,27,36H,7-8,11,16-19,22H2,1-3H3,(H-,33,34,37,38);1H. The van der Waals surface area contributed by atoms with Crippen LogP contribution in [-0.4, -0.2) is 62.0 Å². The molecule has 8 nitrogen and oxygen atoms in total. The molecule has 1 heterocycles. The van der Waals surface area contributed by atoms with Crippen LogP contribution in [0.15, 0.2) is 66.7 Å². The van der Waals surface area contributed by atoms with E-state index in [1.807, 2.05) is 48.5 Å². The molecule has 1 fully saturated rings. The number of nitrogens with zero attached hydrogens (tertiary/aromatic N) is 1. The molecule has 1 aliphatic rings. The number of halogens is 1. The zero-order valence-electron chi connectivity index (χ0n) is 24.0. The number of ether oxygens (including phenoxy) is 2. The number of carbonyl (C=O) groups is 2. The third-order valence-electron chi connectivity index (χ3n) is 7.40. The summed E-state index contributed by atoms with van der Waals surface area (Å²) in [6, 6.07) is 21.1. The van der Waals surface area contributed by atoms with Gasteiger partial charge in [0.25, 0.3) is 0 Å². The first kappa shape index (κ1) is 32.4. The molecule has 0 bridgehead atoms. The number of carbonyl (C=O) groups excluding carboxylic acids is 2. The van der Waals surface area contributed by atoms with Gasteiger partial charge in [0.05, 0.1) is 46.6 Å². The van der Waals surface area contributed by atoms with E-state index in [1.54, 1.807) is 18.2 Å². The Morgan fingerprint density at radius 3 is 2.39 bits per heavy atom. The first-order chi connectivity index (χ1) is 19.3. The summed E-state index contributed by atoms with van der Waals surface area (Å²) in [5, 5.41) is 15.3. The van der Waals surface area contributed by atoms with Gasteiger partial charge in [0, 0.05) is 42.1 Å². The van der Waals surface area contributed by atoms with E-state index in [0.717, 1.165) is 47.1 Å². The molecular weight excluding hydrogens is 633 g/mol. The van der Waals surface area contributed by atoms with E-state index in [9.17, 15) is 14.7 Å². The van der Waals surface area contributed by atoms with Gasteiger partial charge in [0.15, 0.2) is 0 Å². The Labute approximate surface area is 259 Å². The number of amides is 2. The predicted molar refractivity (Wildman–Crippen MR) is 157 cm³/mol. The van der Waals surface area contributed by atoms with E-state index < -0.39 is 6.09 Å². The van der Waals surface area contributed by atoms with Crippen LogP contribution in [-0.2, 0) is 22.6 Å². The quantitative estimate of drug-likeness (QED) is 0.227. The second kappa shape index (κ2) is 15.2. The van der Waals surface area contributed by atoms with E-state index in [0.29, 0.717) is 42.0 Å². The number of piperidine rings is 1. The topological polar surface area (TPSA) is 96.9 Å². The third-order valence-corrected chi connectivity index (χ3v) is 7.40. The average Bonchev–Trinajstić information content (AvgIpc) is 2.94. The van der Waals surface area contributed by atoms with Gasteiger partial charge >= 0.3 is 6.09 Å². The van der Waals surface area contributed by atoms with Gasteiger partial charge in [-0.3, -0.25) is 10.1 Å². The van der Waals surface area contributed by atoms with Crippen molar-refractivity contribution in [2.45, 2.75) is 44.8 Å². The Morgan fingerprint density at radius 2 is 1.71 bits per heavy atom. The highest BCUT2D eigenvalue weighted by Gasteiger charge is 2.28. The van der Waals surface area contributed by atoms with Crippen LogP contribution in [0.1, 0.15) is 36.8 Å². The number of hydrogen-bond acceptors (Lipinski definition) is 5. The maximum atomic E-state index is 12.9. The van der Waals surface area contributed by atoms with Crippen LogP contribution in [0, 0.1) is 0 Å². The van der Waals surface area contributed by atoms with Crippen LogP contribution in [0.2, 0.25) is 0 Å². The van der Waals surface area contributed by atoms with Gasteiger partial charge in [-0.25, -0.2) is 4.79 Å².